The molecule has 0 amide bonds. The molecule has 0 spiro atoms. The Labute approximate surface area is 132 Å². The Bertz CT molecular complexity index is 588. The molecule has 5 nitrogen and oxygen atoms in total. The number of hydrogen-bond donors (Lipinski definition) is 2. The monoisotopic (exact) mass is 299 g/mol. The van der Waals surface area contributed by atoms with Gasteiger partial charge in [0.25, 0.3) is 0 Å². The van der Waals surface area contributed by atoms with Gasteiger partial charge in [-0.05, 0) is 25.3 Å². The zero-order valence-electron chi connectivity index (χ0n) is 13.4. The molecule has 5 heteroatoms. The Morgan fingerprint density at radius 2 is 2.14 bits per heavy atom. The van der Waals surface area contributed by atoms with Gasteiger partial charge in [-0.3, -0.25) is 0 Å². The van der Waals surface area contributed by atoms with Crippen LogP contribution < -0.4 is 11.1 Å². The van der Waals surface area contributed by atoms with Gasteiger partial charge >= 0.3 is 0 Å². The standard InChI is InChI=1S/C17H25N5/c1-3-14(2)21-17(18)20-13-16-19-10-12-22(16)11-9-15-7-5-4-6-8-15/h4-8,10,12,14H,3,9,11,13H2,1-2H3,(H3,18,20,21). The van der Waals surface area contributed by atoms with Gasteiger partial charge in [-0.1, -0.05) is 37.3 Å². The van der Waals surface area contributed by atoms with Crippen LogP contribution in [0, 0.1) is 0 Å². The van der Waals surface area contributed by atoms with Crippen LogP contribution in [0.25, 0.3) is 0 Å². The largest absolute Gasteiger partial charge is 0.370 e. The number of guanidine groups is 1. The zero-order chi connectivity index (χ0) is 15.8. The number of hydrogen-bond acceptors (Lipinski definition) is 2. The summed E-state index contributed by atoms with van der Waals surface area (Å²) in [6.45, 7) is 5.59. The van der Waals surface area contributed by atoms with E-state index in [1.54, 1.807) is 0 Å². The van der Waals surface area contributed by atoms with E-state index in [9.17, 15) is 0 Å². The highest BCUT2D eigenvalue weighted by Gasteiger charge is 2.04. The number of aliphatic imine (C=N–C) groups is 1. The van der Waals surface area contributed by atoms with E-state index < -0.39 is 0 Å². The van der Waals surface area contributed by atoms with Gasteiger partial charge in [-0.2, -0.15) is 0 Å². The molecule has 2 rings (SSSR count). The Morgan fingerprint density at radius 3 is 2.86 bits per heavy atom. The van der Waals surface area contributed by atoms with Crippen molar-refractivity contribution < 1.29 is 0 Å². The first kappa shape index (κ1) is 16.1. The fourth-order valence-corrected chi connectivity index (χ4v) is 2.15. The Morgan fingerprint density at radius 1 is 1.36 bits per heavy atom. The van der Waals surface area contributed by atoms with Gasteiger partial charge in [-0.15, -0.1) is 0 Å². The summed E-state index contributed by atoms with van der Waals surface area (Å²) in [6, 6.07) is 10.8. The minimum atomic E-state index is 0.335. The third-order valence-corrected chi connectivity index (χ3v) is 3.68. The van der Waals surface area contributed by atoms with Gasteiger partial charge in [0.2, 0.25) is 0 Å². The van der Waals surface area contributed by atoms with Crippen molar-refractivity contribution in [3.63, 3.8) is 0 Å². The molecule has 0 fully saturated rings. The van der Waals surface area contributed by atoms with Crippen molar-refractivity contribution in [2.75, 3.05) is 0 Å². The quantitative estimate of drug-likeness (QED) is 0.609. The number of nitrogens with two attached hydrogens (primary N) is 1. The van der Waals surface area contributed by atoms with Crippen LogP contribution in [0.4, 0.5) is 0 Å². The summed E-state index contributed by atoms with van der Waals surface area (Å²) in [7, 11) is 0. The number of aryl methyl sites for hydroxylation is 2. The van der Waals surface area contributed by atoms with Crippen LogP contribution >= 0.6 is 0 Å². The summed E-state index contributed by atoms with van der Waals surface area (Å²) in [5.41, 5.74) is 7.21. The molecule has 0 saturated carbocycles. The van der Waals surface area contributed by atoms with Crippen LogP contribution in [0.5, 0.6) is 0 Å². The Balaban J connectivity index is 1.90. The molecule has 0 aliphatic rings. The van der Waals surface area contributed by atoms with E-state index in [1.807, 2.05) is 18.5 Å². The van der Waals surface area contributed by atoms with Crippen LogP contribution in [0.15, 0.2) is 47.7 Å². The highest BCUT2D eigenvalue weighted by molar-refractivity contribution is 5.78. The lowest BCUT2D eigenvalue weighted by atomic mass is 10.1. The highest BCUT2D eigenvalue weighted by Crippen LogP contribution is 2.05. The first-order chi connectivity index (χ1) is 10.7. The van der Waals surface area contributed by atoms with E-state index >= 15 is 0 Å². The minimum absolute atomic E-state index is 0.335. The summed E-state index contributed by atoms with van der Waals surface area (Å²) in [6.07, 6.45) is 5.80. The van der Waals surface area contributed by atoms with Gasteiger partial charge in [-0.25, -0.2) is 9.98 Å². The minimum Gasteiger partial charge on any atom is -0.370 e. The summed E-state index contributed by atoms with van der Waals surface area (Å²) < 4.78 is 2.13. The number of nitrogens with zero attached hydrogens (tertiary/aromatic N) is 3. The molecule has 0 aliphatic carbocycles. The van der Waals surface area contributed by atoms with E-state index in [4.69, 9.17) is 5.73 Å². The molecule has 0 bridgehead atoms. The van der Waals surface area contributed by atoms with Crippen molar-refractivity contribution in [1.29, 1.82) is 0 Å². The number of nitrogens with one attached hydrogen (secondary N) is 1. The van der Waals surface area contributed by atoms with Gasteiger partial charge in [0, 0.05) is 25.0 Å². The van der Waals surface area contributed by atoms with E-state index in [-0.39, 0.29) is 0 Å². The molecule has 1 aromatic carbocycles. The fraction of sp³-hybridized carbons (Fsp3) is 0.412. The fourth-order valence-electron chi connectivity index (χ4n) is 2.15. The first-order valence-corrected chi connectivity index (χ1v) is 7.79. The predicted octanol–water partition coefficient (Wildman–Crippen LogP) is 2.33. The molecule has 118 valence electrons. The third-order valence-electron chi connectivity index (χ3n) is 3.68. The second-order valence-corrected chi connectivity index (χ2v) is 5.43. The zero-order valence-corrected chi connectivity index (χ0v) is 13.4. The van der Waals surface area contributed by atoms with Crippen molar-refractivity contribution >= 4 is 5.96 Å². The van der Waals surface area contributed by atoms with Crippen molar-refractivity contribution in [3.8, 4) is 0 Å². The summed E-state index contributed by atoms with van der Waals surface area (Å²) in [5, 5.41) is 3.16. The Hall–Kier alpha value is -2.30. The molecule has 1 heterocycles. The lowest BCUT2D eigenvalue weighted by Gasteiger charge is -2.12. The second-order valence-electron chi connectivity index (χ2n) is 5.43. The molecule has 1 unspecified atom stereocenters. The van der Waals surface area contributed by atoms with E-state index in [1.165, 1.54) is 5.56 Å². The third kappa shape index (κ3) is 4.91. The van der Waals surface area contributed by atoms with Crippen LogP contribution in [0.1, 0.15) is 31.7 Å². The molecule has 3 N–H and O–H groups in total. The van der Waals surface area contributed by atoms with Gasteiger partial charge in [0.1, 0.15) is 12.4 Å². The molecular weight excluding hydrogens is 274 g/mol. The van der Waals surface area contributed by atoms with E-state index in [2.05, 4.69) is 58.0 Å². The summed E-state index contributed by atoms with van der Waals surface area (Å²) in [4.78, 5) is 8.74. The summed E-state index contributed by atoms with van der Waals surface area (Å²) in [5.74, 6) is 1.41. The molecule has 0 radical (unpaired) electrons. The number of benzene rings is 1. The average molecular weight is 299 g/mol. The molecule has 1 aromatic heterocycles. The topological polar surface area (TPSA) is 68.2 Å². The van der Waals surface area contributed by atoms with Crippen molar-refractivity contribution in [1.82, 2.24) is 14.9 Å². The van der Waals surface area contributed by atoms with Crippen LogP contribution in [-0.2, 0) is 19.5 Å². The van der Waals surface area contributed by atoms with Crippen molar-refractivity contribution in [2.24, 2.45) is 10.7 Å². The van der Waals surface area contributed by atoms with Crippen molar-refractivity contribution in [3.05, 3.63) is 54.1 Å². The Kier molecular flexibility index (Phi) is 6.01. The maximum absolute atomic E-state index is 5.88. The molecule has 1 atom stereocenters. The van der Waals surface area contributed by atoms with Crippen LogP contribution in [-0.4, -0.2) is 21.6 Å². The maximum atomic E-state index is 5.88. The van der Waals surface area contributed by atoms with Gasteiger partial charge < -0.3 is 15.6 Å². The van der Waals surface area contributed by atoms with Gasteiger partial charge in [0.05, 0.1) is 0 Å². The molecule has 2 aromatic rings. The number of imidazole rings is 1. The smallest absolute Gasteiger partial charge is 0.189 e. The van der Waals surface area contributed by atoms with E-state index in [0.29, 0.717) is 18.5 Å². The highest BCUT2D eigenvalue weighted by atomic mass is 15.1. The number of rotatable bonds is 7. The number of aromatic nitrogens is 2. The maximum Gasteiger partial charge on any atom is 0.189 e. The molecule has 0 saturated heterocycles. The SMILES string of the molecule is CCC(C)NC(N)=NCc1nccn1CCc1ccccc1. The molecular formula is C17H25N5. The predicted molar refractivity (Wildman–Crippen MR) is 90.6 cm³/mol. The molecule has 22 heavy (non-hydrogen) atoms. The van der Waals surface area contributed by atoms with Gasteiger partial charge in [0.15, 0.2) is 5.96 Å². The second kappa shape index (κ2) is 8.22. The van der Waals surface area contributed by atoms with Crippen LogP contribution in [0.3, 0.4) is 0 Å². The lowest BCUT2D eigenvalue weighted by Crippen LogP contribution is -2.38. The molecule has 0 aliphatic heterocycles. The first-order valence-electron chi connectivity index (χ1n) is 7.79. The van der Waals surface area contributed by atoms with Crippen LogP contribution in [0.2, 0.25) is 0 Å². The van der Waals surface area contributed by atoms with E-state index in [0.717, 1.165) is 25.2 Å². The van der Waals surface area contributed by atoms with Crippen molar-refractivity contribution in [2.45, 2.75) is 45.8 Å². The average Bonchev–Trinajstić information content (AvgIpc) is 2.99. The summed E-state index contributed by atoms with van der Waals surface area (Å²) >= 11 is 0. The lowest BCUT2D eigenvalue weighted by molar-refractivity contribution is 0.629. The normalized spacial score (nSPS) is 13.1.